The summed E-state index contributed by atoms with van der Waals surface area (Å²) < 4.78 is 1.96. The van der Waals surface area contributed by atoms with Crippen molar-refractivity contribution in [2.24, 2.45) is 0 Å². The molecule has 7 aromatic carbocycles. The molecule has 0 saturated carbocycles. The minimum atomic E-state index is 0.0643. The number of hydrogen-bond acceptors (Lipinski definition) is 1. The molecule has 10 rings (SSSR count). The second kappa shape index (κ2) is 9.14. The maximum atomic E-state index is 14.1. The lowest BCUT2D eigenvalue weighted by atomic mass is 9.85. The van der Waals surface area contributed by atoms with Crippen LogP contribution in [0.2, 0.25) is 0 Å². The zero-order valence-corrected chi connectivity index (χ0v) is 24.5. The predicted octanol–water partition coefficient (Wildman–Crippen LogP) is 10.8. The van der Waals surface area contributed by atoms with Gasteiger partial charge in [-0.15, -0.1) is 0 Å². The van der Waals surface area contributed by atoms with Crippen molar-refractivity contribution in [3.05, 3.63) is 155 Å². The first kappa shape index (κ1) is 24.7. The topological polar surface area (TPSA) is 21.5 Å². The average Bonchev–Trinajstić information content (AvgIpc) is 3.44. The Morgan fingerprint density at radius 2 is 1.09 bits per heavy atom. The maximum absolute atomic E-state index is 14.1. The van der Waals surface area contributed by atoms with Gasteiger partial charge < -0.3 is 0 Å². The van der Waals surface area contributed by atoms with E-state index in [4.69, 9.17) is 0 Å². The Hall–Kier alpha value is -5.73. The van der Waals surface area contributed by atoms with Gasteiger partial charge in [0.1, 0.15) is 0 Å². The van der Waals surface area contributed by atoms with Crippen LogP contribution in [0.3, 0.4) is 0 Å². The SMILES string of the molecule is O=c1c2ccc(-c3c4ccccc4c(-c4ccc5ccccc5c4)c4ccccc34)cc2c2cccc3c4c(n1c32)C=CCC4. The van der Waals surface area contributed by atoms with Crippen LogP contribution >= 0.6 is 0 Å². The molecule has 0 amide bonds. The van der Waals surface area contributed by atoms with E-state index in [1.54, 1.807) is 0 Å². The van der Waals surface area contributed by atoms with Crippen LogP contribution < -0.4 is 5.56 Å². The number of nitrogens with zero attached hydrogens (tertiary/aromatic N) is 1. The fraction of sp³-hybridized carbons (Fsp3) is 0.0465. The Bertz CT molecular complexity index is 2720. The highest BCUT2D eigenvalue weighted by molar-refractivity contribution is 6.23. The van der Waals surface area contributed by atoms with E-state index in [1.165, 1.54) is 60.0 Å². The number of benzene rings is 7. The van der Waals surface area contributed by atoms with Gasteiger partial charge in [0.25, 0.3) is 5.56 Å². The summed E-state index contributed by atoms with van der Waals surface area (Å²) in [6.45, 7) is 0. The summed E-state index contributed by atoms with van der Waals surface area (Å²) in [4.78, 5) is 14.1. The molecule has 2 aromatic heterocycles. The molecule has 9 aromatic rings. The smallest absolute Gasteiger partial charge is 0.263 e. The molecule has 45 heavy (non-hydrogen) atoms. The van der Waals surface area contributed by atoms with Crippen molar-refractivity contribution in [1.29, 1.82) is 0 Å². The second-order valence-corrected chi connectivity index (χ2v) is 12.3. The molecule has 2 heteroatoms. The van der Waals surface area contributed by atoms with E-state index in [0.717, 1.165) is 45.8 Å². The van der Waals surface area contributed by atoms with Crippen molar-refractivity contribution in [2.45, 2.75) is 12.8 Å². The minimum absolute atomic E-state index is 0.0643. The first-order chi connectivity index (χ1) is 22.3. The Balaban J connectivity index is 1.31. The molecular formula is C43H27NO. The molecule has 0 spiro atoms. The van der Waals surface area contributed by atoms with Gasteiger partial charge in [0.2, 0.25) is 0 Å². The molecule has 0 radical (unpaired) electrons. The third-order valence-corrected chi connectivity index (χ3v) is 9.97. The molecule has 0 N–H and O–H groups in total. The van der Waals surface area contributed by atoms with Crippen molar-refractivity contribution in [1.82, 2.24) is 4.40 Å². The van der Waals surface area contributed by atoms with Crippen LogP contribution in [0, 0.1) is 0 Å². The van der Waals surface area contributed by atoms with Gasteiger partial charge >= 0.3 is 0 Å². The third kappa shape index (κ3) is 3.37. The fourth-order valence-corrected chi connectivity index (χ4v) is 8.03. The zero-order valence-electron chi connectivity index (χ0n) is 24.5. The lowest BCUT2D eigenvalue weighted by Gasteiger charge is -2.18. The molecule has 210 valence electrons. The van der Waals surface area contributed by atoms with Crippen molar-refractivity contribution in [3.8, 4) is 22.3 Å². The van der Waals surface area contributed by atoms with E-state index in [1.807, 2.05) is 4.40 Å². The van der Waals surface area contributed by atoms with Crippen LogP contribution in [-0.4, -0.2) is 4.40 Å². The molecule has 0 atom stereocenters. The van der Waals surface area contributed by atoms with E-state index in [2.05, 4.69) is 140 Å². The average molecular weight is 574 g/mol. The van der Waals surface area contributed by atoms with Crippen LogP contribution in [0.4, 0.5) is 0 Å². The van der Waals surface area contributed by atoms with Crippen LogP contribution in [-0.2, 0) is 6.42 Å². The Morgan fingerprint density at radius 1 is 0.489 bits per heavy atom. The lowest BCUT2D eigenvalue weighted by molar-refractivity contribution is 0.973. The van der Waals surface area contributed by atoms with Crippen LogP contribution in [0.1, 0.15) is 17.7 Å². The van der Waals surface area contributed by atoms with Crippen LogP contribution in [0.15, 0.2) is 138 Å². The molecule has 1 aliphatic rings. The zero-order chi connectivity index (χ0) is 29.6. The molecule has 0 saturated heterocycles. The summed E-state index contributed by atoms with van der Waals surface area (Å²) >= 11 is 0. The number of allylic oxidation sites excluding steroid dienone is 1. The van der Waals surface area contributed by atoms with Crippen LogP contribution in [0.25, 0.3) is 87.7 Å². The normalized spacial score (nSPS) is 13.2. The summed E-state index contributed by atoms with van der Waals surface area (Å²) in [5.74, 6) is 0. The van der Waals surface area contributed by atoms with E-state index in [9.17, 15) is 4.79 Å². The summed E-state index contributed by atoms with van der Waals surface area (Å²) in [6, 6.07) is 45.9. The largest absolute Gasteiger partial charge is 0.275 e. The highest BCUT2D eigenvalue weighted by atomic mass is 16.1. The number of fused-ring (bicyclic) bond motifs is 8. The monoisotopic (exact) mass is 573 g/mol. The van der Waals surface area contributed by atoms with Gasteiger partial charge in [0, 0.05) is 16.2 Å². The predicted molar refractivity (Wildman–Crippen MR) is 191 cm³/mol. The summed E-state index contributed by atoms with van der Waals surface area (Å²) in [5, 5.41) is 11.5. The first-order valence-corrected chi connectivity index (χ1v) is 15.7. The molecule has 2 nitrogen and oxygen atoms in total. The van der Waals surface area contributed by atoms with Gasteiger partial charge in [-0.1, -0.05) is 115 Å². The van der Waals surface area contributed by atoms with Crippen molar-refractivity contribution in [3.63, 3.8) is 0 Å². The quantitative estimate of drug-likeness (QED) is 0.149. The highest BCUT2D eigenvalue weighted by Gasteiger charge is 2.22. The second-order valence-electron chi connectivity index (χ2n) is 12.3. The standard InChI is InChI=1S/C43H27NO/c45-43-37-23-22-29(25-38(37)36-18-9-17-35-30-12-7-8-19-39(30)44(43)42(35)36)41-33-15-5-3-13-31(33)40(32-14-4-6-16-34(32)41)28-21-20-26-10-1-2-11-27(26)24-28/h1-6,8-11,13-25H,7,12H2. The Labute approximate surface area is 259 Å². The summed E-state index contributed by atoms with van der Waals surface area (Å²) in [7, 11) is 0. The number of aromatic nitrogens is 1. The number of pyridine rings is 1. The lowest BCUT2D eigenvalue weighted by Crippen LogP contribution is -2.15. The number of rotatable bonds is 2. The van der Waals surface area contributed by atoms with Crippen LogP contribution in [0.5, 0.6) is 0 Å². The molecule has 1 aliphatic carbocycles. The molecule has 2 heterocycles. The maximum Gasteiger partial charge on any atom is 0.263 e. The molecule has 0 bridgehead atoms. The van der Waals surface area contributed by atoms with E-state index < -0.39 is 0 Å². The number of para-hydroxylation sites is 1. The third-order valence-electron chi connectivity index (χ3n) is 9.97. The number of aryl methyl sites for hydroxylation is 1. The van der Waals surface area contributed by atoms with E-state index in [0.29, 0.717) is 0 Å². The van der Waals surface area contributed by atoms with Crippen molar-refractivity contribution < 1.29 is 0 Å². The van der Waals surface area contributed by atoms with E-state index in [-0.39, 0.29) is 5.56 Å². The van der Waals surface area contributed by atoms with Gasteiger partial charge in [-0.2, -0.15) is 0 Å². The summed E-state index contributed by atoms with van der Waals surface area (Å²) in [6.07, 6.45) is 6.30. The van der Waals surface area contributed by atoms with Gasteiger partial charge in [-0.3, -0.25) is 9.20 Å². The summed E-state index contributed by atoms with van der Waals surface area (Å²) in [5.41, 5.74) is 8.25. The highest BCUT2D eigenvalue weighted by Crippen LogP contribution is 2.45. The van der Waals surface area contributed by atoms with Crippen molar-refractivity contribution in [2.75, 3.05) is 0 Å². The van der Waals surface area contributed by atoms with Gasteiger partial charge in [0.15, 0.2) is 0 Å². The molecule has 0 fully saturated rings. The number of hydrogen-bond donors (Lipinski definition) is 0. The Kier molecular flexibility index (Phi) is 5.01. The van der Waals surface area contributed by atoms with Gasteiger partial charge in [-0.05, 0) is 103 Å². The first-order valence-electron chi connectivity index (χ1n) is 15.7. The molecule has 0 aliphatic heterocycles. The molecular weight excluding hydrogens is 546 g/mol. The van der Waals surface area contributed by atoms with Gasteiger partial charge in [-0.25, -0.2) is 0 Å². The van der Waals surface area contributed by atoms with Crippen molar-refractivity contribution >= 4 is 65.5 Å². The van der Waals surface area contributed by atoms with E-state index >= 15 is 0 Å². The Morgan fingerprint density at radius 3 is 1.82 bits per heavy atom. The molecule has 0 unspecified atom stereocenters. The fourth-order valence-electron chi connectivity index (χ4n) is 8.03. The minimum Gasteiger partial charge on any atom is -0.275 e. The van der Waals surface area contributed by atoms with Gasteiger partial charge in [0.05, 0.1) is 11.2 Å².